The molecule has 13 aromatic rings. The van der Waals surface area contributed by atoms with Gasteiger partial charge in [-0.05, 0) is 151 Å². The van der Waals surface area contributed by atoms with Gasteiger partial charge < -0.3 is 9.80 Å². The van der Waals surface area contributed by atoms with E-state index in [0.717, 1.165) is 34.0 Å². The van der Waals surface area contributed by atoms with E-state index in [4.69, 9.17) is 0 Å². The van der Waals surface area contributed by atoms with Crippen LogP contribution in [0.1, 0.15) is 22.3 Å². The lowest BCUT2D eigenvalue weighted by Gasteiger charge is -2.34. The number of nitrogens with zero attached hydrogens (tertiary/aromatic N) is 2. The number of benzene rings is 12. The lowest BCUT2D eigenvalue weighted by Crippen LogP contribution is -2.26. The molecule has 0 saturated heterocycles. The average molecular weight is 959 g/mol. The van der Waals surface area contributed by atoms with E-state index in [-0.39, 0.29) is 0 Å². The van der Waals surface area contributed by atoms with Crippen LogP contribution in [-0.4, -0.2) is 0 Å². The van der Waals surface area contributed by atoms with E-state index in [1.54, 1.807) is 0 Å². The summed E-state index contributed by atoms with van der Waals surface area (Å²) in [5.74, 6) is 0. The first-order valence-electron chi connectivity index (χ1n) is 25.5. The Hall–Kier alpha value is -9.28. The van der Waals surface area contributed by atoms with Crippen LogP contribution in [0.15, 0.2) is 279 Å². The molecule has 12 aromatic carbocycles. The monoisotopic (exact) mass is 958 g/mol. The van der Waals surface area contributed by atoms with E-state index in [9.17, 15) is 0 Å². The molecule has 2 nitrogen and oxygen atoms in total. The second-order valence-corrected chi connectivity index (χ2v) is 20.6. The minimum Gasteiger partial charge on any atom is -0.310 e. The number of para-hydroxylation sites is 2. The van der Waals surface area contributed by atoms with Gasteiger partial charge in [0.05, 0.1) is 16.8 Å². The molecule has 1 spiro atoms. The zero-order valence-corrected chi connectivity index (χ0v) is 41.2. The van der Waals surface area contributed by atoms with Crippen molar-refractivity contribution in [1.29, 1.82) is 0 Å². The predicted molar refractivity (Wildman–Crippen MR) is 313 cm³/mol. The molecular weight excluding hydrogens is 913 g/mol. The molecule has 0 amide bonds. The summed E-state index contributed by atoms with van der Waals surface area (Å²) in [7, 11) is 0. The van der Waals surface area contributed by atoms with E-state index < -0.39 is 5.41 Å². The van der Waals surface area contributed by atoms with Gasteiger partial charge in [-0.2, -0.15) is 0 Å². The first-order chi connectivity index (χ1) is 36.7. The molecule has 0 aliphatic heterocycles. The van der Waals surface area contributed by atoms with Crippen LogP contribution in [-0.2, 0) is 5.41 Å². The van der Waals surface area contributed by atoms with Gasteiger partial charge in [-0.25, -0.2) is 0 Å². The summed E-state index contributed by atoms with van der Waals surface area (Å²) in [4.78, 5) is 4.98. The van der Waals surface area contributed by atoms with Crippen molar-refractivity contribution in [2.75, 3.05) is 9.80 Å². The van der Waals surface area contributed by atoms with Crippen LogP contribution in [0, 0.1) is 0 Å². The molecule has 74 heavy (non-hydrogen) atoms. The number of hydrogen-bond acceptors (Lipinski definition) is 3. The van der Waals surface area contributed by atoms with Crippen LogP contribution in [0.2, 0.25) is 0 Å². The molecule has 1 heterocycles. The molecule has 0 fully saturated rings. The van der Waals surface area contributed by atoms with E-state index in [1.165, 1.54) is 97.8 Å². The van der Waals surface area contributed by atoms with Crippen molar-refractivity contribution >= 4 is 76.4 Å². The summed E-state index contributed by atoms with van der Waals surface area (Å²) in [5.41, 5.74) is 21.1. The number of rotatable bonds is 8. The normalized spacial score (nSPS) is 14.0. The van der Waals surface area contributed by atoms with Crippen LogP contribution < -0.4 is 9.80 Å². The van der Waals surface area contributed by atoms with Gasteiger partial charge in [0, 0.05) is 48.5 Å². The Bertz CT molecular complexity index is 4300. The molecular formula is C71H46N2S. The van der Waals surface area contributed by atoms with Crippen LogP contribution in [0.5, 0.6) is 0 Å². The maximum Gasteiger partial charge on any atom is 0.0727 e. The highest BCUT2D eigenvalue weighted by molar-refractivity contribution is 7.26. The van der Waals surface area contributed by atoms with E-state index in [1.807, 2.05) is 11.3 Å². The minimum atomic E-state index is -0.616. The maximum atomic E-state index is 2.52. The highest BCUT2D eigenvalue weighted by Crippen LogP contribution is 2.64. The Labute approximate surface area is 435 Å². The molecule has 1 aromatic heterocycles. The summed E-state index contributed by atoms with van der Waals surface area (Å²) >= 11 is 1.86. The first-order valence-corrected chi connectivity index (χ1v) is 26.3. The van der Waals surface area contributed by atoms with Gasteiger partial charge in [0.25, 0.3) is 0 Å². The van der Waals surface area contributed by atoms with Gasteiger partial charge in [-0.3, -0.25) is 0 Å². The predicted octanol–water partition coefficient (Wildman–Crippen LogP) is 19.8. The topological polar surface area (TPSA) is 6.48 Å². The van der Waals surface area contributed by atoms with Crippen molar-refractivity contribution < 1.29 is 0 Å². The second kappa shape index (κ2) is 16.9. The van der Waals surface area contributed by atoms with E-state index in [2.05, 4.69) is 289 Å². The van der Waals surface area contributed by atoms with Gasteiger partial charge in [0.15, 0.2) is 0 Å². The van der Waals surface area contributed by atoms with Gasteiger partial charge in [-0.1, -0.05) is 200 Å². The molecule has 1 atom stereocenters. The fourth-order valence-corrected chi connectivity index (χ4v) is 13.6. The van der Waals surface area contributed by atoms with Gasteiger partial charge in [0.2, 0.25) is 0 Å². The zero-order chi connectivity index (χ0) is 48.7. The Morgan fingerprint density at radius 2 is 0.743 bits per heavy atom. The number of thiophene rings is 1. The Balaban J connectivity index is 0.973. The Morgan fingerprint density at radius 3 is 1.38 bits per heavy atom. The SMILES string of the molecule is c1ccc(-c2ccc(-c3cc4ccccc4cc3N(c3ccccc3)c3ccc4c(c3)C3(c5ccccc5-4)c4ccccc4-c4ccc(N(c5ccccc5)c5cccc6sc7ccccc7c56)cc43)cc2)cc1. The fraction of sp³-hybridized carbons (Fsp3) is 0.0141. The number of fused-ring (bicyclic) bond motifs is 14. The Kier molecular flexibility index (Phi) is 9.70. The van der Waals surface area contributed by atoms with Crippen LogP contribution in [0.4, 0.5) is 34.1 Å². The molecule has 3 heteroatoms. The highest BCUT2D eigenvalue weighted by atomic mass is 32.1. The lowest BCUT2D eigenvalue weighted by atomic mass is 9.70. The summed E-state index contributed by atoms with van der Waals surface area (Å²) in [6.45, 7) is 0. The largest absolute Gasteiger partial charge is 0.310 e. The number of anilines is 6. The van der Waals surface area contributed by atoms with E-state index in [0.29, 0.717) is 0 Å². The van der Waals surface area contributed by atoms with Crippen LogP contribution >= 0.6 is 11.3 Å². The second-order valence-electron chi connectivity index (χ2n) is 19.6. The van der Waals surface area contributed by atoms with Gasteiger partial charge in [0.1, 0.15) is 0 Å². The van der Waals surface area contributed by atoms with Gasteiger partial charge in [-0.15, -0.1) is 11.3 Å². The molecule has 0 saturated carbocycles. The number of hydrogen-bond donors (Lipinski definition) is 0. The molecule has 15 rings (SSSR count). The van der Waals surface area contributed by atoms with Crippen molar-refractivity contribution in [1.82, 2.24) is 0 Å². The molecule has 1 unspecified atom stereocenters. The zero-order valence-electron chi connectivity index (χ0n) is 40.4. The third-order valence-corrected chi connectivity index (χ3v) is 16.8. The van der Waals surface area contributed by atoms with Crippen LogP contribution in [0.25, 0.3) is 75.5 Å². The molecule has 0 radical (unpaired) electrons. The smallest absolute Gasteiger partial charge is 0.0727 e. The third-order valence-electron chi connectivity index (χ3n) is 15.6. The molecule has 0 N–H and O–H groups in total. The first kappa shape index (κ1) is 42.4. The summed E-state index contributed by atoms with van der Waals surface area (Å²) in [6.07, 6.45) is 0. The third kappa shape index (κ3) is 6.43. The summed E-state index contributed by atoms with van der Waals surface area (Å²) in [6, 6.07) is 104. The highest BCUT2D eigenvalue weighted by Gasteiger charge is 2.52. The molecule has 0 bridgehead atoms. The lowest BCUT2D eigenvalue weighted by molar-refractivity contribution is 0.793. The van der Waals surface area contributed by atoms with E-state index >= 15 is 0 Å². The van der Waals surface area contributed by atoms with Crippen molar-refractivity contribution in [3.8, 4) is 44.5 Å². The fourth-order valence-electron chi connectivity index (χ4n) is 12.5. The van der Waals surface area contributed by atoms with Crippen LogP contribution in [0.3, 0.4) is 0 Å². The van der Waals surface area contributed by atoms with Crippen molar-refractivity contribution in [2.45, 2.75) is 5.41 Å². The van der Waals surface area contributed by atoms with Crippen molar-refractivity contribution in [2.24, 2.45) is 0 Å². The summed E-state index contributed by atoms with van der Waals surface area (Å²) < 4.78 is 2.57. The molecule has 346 valence electrons. The van der Waals surface area contributed by atoms with Gasteiger partial charge >= 0.3 is 0 Å². The quantitative estimate of drug-likeness (QED) is 0.150. The van der Waals surface area contributed by atoms with Crippen molar-refractivity contribution in [3.05, 3.63) is 301 Å². The standard InChI is InChI=1S/C71H46N2S/c1-4-19-47(20-5-1)48-35-37-49(38-36-48)61-43-50-21-10-11-22-51(50)44-67(61)73(53-25-8-3-9-26-53)55-40-42-59-57-28-13-16-31-63(57)71(65(59)46-55)62-30-15-12-27-56(62)58-41-39-54(45-64(58)71)72(52-23-6-2-7-24-52)66-32-18-34-69-70(66)60-29-14-17-33-68(60)74-69/h1-46H. The molecule has 2 aliphatic carbocycles. The maximum absolute atomic E-state index is 2.52. The minimum absolute atomic E-state index is 0.616. The van der Waals surface area contributed by atoms with Crippen molar-refractivity contribution in [3.63, 3.8) is 0 Å². The Morgan fingerprint density at radius 1 is 0.270 bits per heavy atom. The summed E-state index contributed by atoms with van der Waals surface area (Å²) in [5, 5.41) is 4.95. The average Bonchev–Trinajstić information content (AvgIpc) is 4.17. The molecule has 2 aliphatic rings.